The molecule has 4 nitrogen and oxygen atoms in total. The lowest BCUT2D eigenvalue weighted by molar-refractivity contribution is 0.102. The molecule has 2 N–H and O–H groups in total. The lowest BCUT2D eigenvalue weighted by Crippen LogP contribution is -2.44. The number of rotatable bonds is 3. The van der Waals surface area contributed by atoms with Gasteiger partial charge in [0.2, 0.25) is 0 Å². The van der Waals surface area contributed by atoms with Crippen molar-refractivity contribution >= 4 is 17.3 Å². The van der Waals surface area contributed by atoms with Gasteiger partial charge in [0.15, 0.2) is 0 Å². The van der Waals surface area contributed by atoms with Crippen LogP contribution in [-0.4, -0.2) is 32.1 Å². The number of hydrogen-bond acceptors (Lipinski definition) is 3. The second-order valence-corrected chi connectivity index (χ2v) is 5.22. The van der Waals surface area contributed by atoms with E-state index in [9.17, 15) is 9.18 Å². The summed E-state index contributed by atoms with van der Waals surface area (Å²) in [5.74, 6) is -0.590. The van der Waals surface area contributed by atoms with Crippen molar-refractivity contribution in [2.24, 2.45) is 0 Å². The van der Waals surface area contributed by atoms with E-state index in [4.69, 9.17) is 0 Å². The van der Waals surface area contributed by atoms with Crippen LogP contribution >= 0.6 is 0 Å². The van der Waals surface area contributed by atoms with Crippen molar-refractivity contribution in [1.29, 1.82) is 0 Å². The van der Waals surface area contributed by atoms with E-state index in [2.05, 4.69) is 15.5 Å². The van der Waals surface area contributed by atoms with E-state index >= 15 is 0 Å². The number of piperazine rings is 1. The molecule has 0 unspecified atom stereocenters. The maximum Gasteiger partial charge on any atom is 0.257 e. The van der Waals surface area contributed by atoms with Crippen LogP contribution in [0.1, 0.15) is 10.4 Å². The van der Waals surface area contributed by atoms with Gasteiger partial charge >= 0.3 is 0 Å². The molecule has 1 aliphatic heterocycles. The van der Waals surface area contributed by atoms with Gasteiger partial charge in [-0.25, -0.2) is 4.39 Å². The van der Waals surface area contributed by atoms with Crippen molar-refractivity contribution in [3.63, 3.8) is 0 Å². The smallest absolute Gasteiger partial charge is 0.257 e. The summed E-state index contributed by atoms with van der Waals surface area (Å²) >= 11 is 0. The van der Waals surface area contributed by atoms with Crippen LogP contribution in [0.2, 0.25) is 0 Å². The van der Waals surface area contributed by atoms with E-state index in [0.29, 0.717) is 11.3 Å². The van der Waals surface area contributed by atoms with Gasteiger partial charge in [0, 0.05) is 37.6 Å². The van der Waals surface area contributed by atoms with Gasteiger partial charge in [0.25, 0.3) is 5.91 Å². The quantitative estimate of drug-likeness (QED) is 0.915. The molecule has 0 bridgehead atoms. The number of nitrogens with zero attached hydrogens (tertiary/aromatic N) is 1. The predicted molar refractivity (Wildman–Crippen MR) is 85.9 cm³/mol. The molecule has 0 radical (unpaired) electrons. The van der Waals surface area contributed by atoms with Crippen LogP contribution in [0.25, 0.3) is 0 Å². The molecule has 114 valence electrons. The summed E-state index contributed by atoms with van der Waals surface area (Å²) in [7, 11) is 0. The molecule has 0 aliphatic carbocycles. The van der Waals surface area contributed by atoms with Gasteiger partial charge in [-0.3, -0.25) is 4.79 Å². The summed E-state index contributed by atoms with van der Waals surface area (Å²) in [5.41, 5.74) is 1.98. The highest BCUT2D eigenvalue weighted by Crippen LogP contribution is 2.22. The summed E-state index contributed by atoms with van der Waals surface area (Å²) in [5, 5.41) is 6.05. The minimum absolute atomic E-state index is 0.222. The van der Waals surface area contributed by atoms with Crippen LogP contribution < -0.4 is 15.5 Å². The Hall–Kier alpha value is -2.40. The Morgan fingerprint density at radius 3 is 2.64 bits per heavy atom. The molecular weight excluding hydrogens is 281 g/mol. The second-order valence-electron chi connectivity index (χ2n) is 5.22. The third-order valence-corrected chi connectivity index (χ3v) is 3.69. The first-order valence-electron chi connectivity index (χ1n) is 7.35. The zero-order chi connectivity index (χ0) is 15.4. The van der Waals surface area contributed by atoms with Crippen molar-refractivity contribution in [3.05, 3.63) is 59.9 Å². The molecule has 0 aromatic heterocycles. The zero-order valence-electron chi connectivity index (χ0n) is 12.2. The SMILES string of the molecule is O=C(Nc1cccc(F)c1)c1ccccc1N1CCNCC1. The molecule has 0 atom stereocenters. The van der Waals surface area contributed by atoms with Crippen LogP contribution in [0.5, 0.6) is 0 Å². The highest BCUT2D eigenvalue weighted by Gasteiger charge is 2.18. The molecule has 0 spiro atoms. The van der Waals surface area contributed by atoms with Crippen molar-refractivity contribution in [2.45, 2.75) is 0 Å². The minimum atomic E-state index is -0.367. The van der Waals surface area contributed by atoms with Crippen molar-refractivity contribution < 1.29 is 9.18 Å². The Balaban J connectivity index is 1.83. The number of para-hydroxylation sites is 1. The van der Waals surface area contributed by atoms with Gasteiger partial charge in [-0.05, 0) is 30.3 Å². The largest absolute Gasteiger partial charge is 0.368 e. The number of anilines is 2. The molecule has 1 heterocycles. The van der Waals surface area contributed by atoms with Gasteiger partial charge in [-0.2, -0.15) is 0 Å². The molecule has 1 saturated heterocycles. The summed E-state index contributed by atoms with van der Waals surface area (Å²) in [6, 6.07) is 13.4. The van der Waals surface area contributed by atoms with E-state index in [-0.39, 0.29) is 11.7 Å². The number of nitrogens with one attached hydrogen (secondary N) is 2. The average molecular weight is 299 g/mol. The molecule has 3 rings (SSSR count). The summed E-state index contributed by atoms with van der Waals surface area (Å²) < 4.78 is 13.2. The van der Waals surface area contributed by atoms with Gasteiger partial charge in [-0.15, -0.1) is 0 Å². The maximum absolute atomic E-state index is 13.2. The highest BCUT2D eigenvalue weighted by molar-refractivity contribution is 6.08. The molecule has 1 amide bonds. The standard InChI is InChI=1S/C17H18FN3O/c18-13-4-3-5-14(12-13)20-17(22)15-6-1-2-7-16(15)21-10-8-19-9-11-21/h1-7,12,19H,8-11H2,(H,20,22). The molecule has 1 fully saturated rings. The normalized spacial score (nSPS) is 14.7. The first-order valence-corrected chi connectivity index (χ1v) is 7.35. The molecule has 22 heavy (non-hydrogen) atoms. The summed E-state index contributed by atoms with van der Waals surface area (Å²) in [6.07, 6.45) is 0. The zero-order valence-corrected chi connectivity index (χ0v) is 12.2. The Labute approximate surface area is 128 Å². The van der Waals surface area contributed by atoms with E-state index < -0.39 is 0 Å². The van der Waals surface area contributed by atoms with E-state index in [1.807, 2.05) is 18.2 Å². The topological polar surface area (TPSA) is 44.4 Å². The third-order valence-electron chi connectivity index (χ3n) is 3.69. The molecular formula is C17H18FN3O. The minimum Gasteiger partial charge on any atom is -0.368 e. The summed E-state index contributed by atoms with van der Waals surface area (Å²) in [6.45, 7) is 3.54. The van der Waals surface area contributed by atoms with Gasteiger partial charge in [0.05, 0.1) is 5.56 Å². The molecule has 2 aromatic rings. The fourth-order valence-electron chi connectivity index (χ4n) is 2.61. The van der Waals surface area contributed by atoms with Crippen molar-refractivity contribution in [1.82, 2.24) is 5.32 Å². The average Bonchev–Trinajstić information content (AvgIpc) is 2.56. The van der Waals surface area contributed by atoms with Crippen LogP contribution in [0.4, 0.5) is 15.8 Å². The summed E-state index contributed by atoms with van der Waals surface area (Å²) in [4.78, 5) is 14.7. The Bertz CT molecular complexity index is 668. The molecule has 2 aromatic carbocycles. The first-order chi connectivity index (χ1) is 10.7. The first kappa shape index (κ1) is 14.5. The van der Waals surface area contributed by atoms with Crippen LogP contribution in [0.15, 0.2) is 48.5 Å². The fraction of sp³-hybridized carbons (Fsp3) is 0.235. The van der Waals surface area contributed by atoms with E-state index in [1.165, 1.54) is 12.1 Å². The lowest BCUT2D eigenvalue weighted by atomic mass is 10.1. The molecule has 1 aliphatic rings. The van der Waals surface area contributed by atoms with Crippen LogP contribution in [-0.2, 0) is 0 Å². The van der Waals surface area contributed by atoms with Crippen molar-refractivity contribution in [2.75, 3.05) is 36.4 Å². The number of hydrogen-bond donors (Lipinski definition) is 2. The molecule has 5 heteroatoms. The monoisotopic (exact) mass is 299 g/mol. The molecule has 0 saturated carbocycles. The number of benzene rings is 2. The van der Waals surface area contributed by atoms with Gasteiger partial charge < -0.3 is 15.5 Å². The van der Waals surface area contributed by atoms with Gasteiger partial charge in [-0.1, -0.05) is 18.2 Å². The maximum atomic E-state index is 13.2. The number of amides is 1. The van der Waals surface area contributed by atoms with E-state index in [1.54, 1.807) is 18.2 Å². The number of halogens is 1. The number of carbonyl (C=O) groups excluding carboxylic acids is 1. The second kappa shape index (κ2) is 6.58. The predicted octanol–water partition coefficient (Wildman–Crippen LogP) is 2.49. The van der Waals surface area contributed by atoms with Crippen LogP contribution in [0.3, 0.4) is 0 Å². The fourth-order valence-corrected chi connectivity index (χ4v) is 2.61. The Morgan fingerprint density at radius 1 is 1.09 bits per heavy atom. The highest BCUT2D eigenvalue weighted by atomic mass is 19.1. The third kappa shape index (κ3) is 3.26. The van der Waals surface area contributed by atoms with E-state index in [0.717, 1.165) is 31.9 Å². The Kier molecular flexibility index (Phi) is 4.34. The van der Waals surface area contributed by atoms with Gasteiger partial charge in [0.1, 0.15) is 5.82 Å². The lowest BCUT2D eigenvalue weighted by Gasteiger charge is -2.30. The van der Waals surface area contributed by atoms with Crippen LogP contribution in [0, 0.1) is 5.82 Å². The number of carbonyl (C=O) groups is 1. The van der Waals surface area contributed by atoms with Crippen molar-refractivity contribution in [3.8, 4) is 0 Å². The Morgan fingerprint density at radius 2 is 1.86 bits per heavy atom.